The Morgan fingerprint density at radius 1 is 1.47 bits per heavy atom. The van der Waals surface area contributed by atoms with E-state index in [1.165, 1.54) is 17.0 Å². The van der Waals surface area contributed by atoms with E-state index in [2.05, 4.69) is 0 Å². The van der Waals surface area contributed by atoms with E-state index in [4.69, 9.17) is 10.8 Å². The van der Waals surface area contributed by atoms with E-state index >= 15 is 0 Å². The van der Waals surface area contributed by atoms with E-state index in [0.29, 0.717) is 13.0 Å². The summed E-state index contributed by atoms with van der Waals surface area (Å²) in [5.41, 5.74) is 7.14. The summed E-state index contributed by atoms with van der Waals surface area (Å²) in [7, 11) is 0. The Bertz CT molecular complexity index is 420. The number of rotatable bonds is 0. The van der Waals surface area contributed by atoms with Crippen LogP contribution in [0, 0.1) is 5.82 Å². The molecule has 1 aromatic rings. The first kappa shape index (κ1) is 9.76. The highest BCUT2D eigenvalue weighted by atomic mass is 19.1. The number of nitrogen functional groups attached to an aromatic ring is 1. The summed E-state index contributed by atoms with van der Waals surface area (Å²) in [6, 6.07) is 2.91. The zero-order valence-electron chi connectivity index (χ0n) is 8.03. The van der Waals surface area contributed by atoms with Gasteiger partial charge in [0.2, 0.25) is 0 Å². The van der Waals surface area contributed by atoms with Crippen molar-refractivity contribution >= 4 is 11.8 Å². The molecule has 0 bridgehead atoms. The van der Waals surface area contributed by atoms with Crippen molar-refractivity contribution in [3.63, 3.8) is 0 Å². The Labute approximate surface area is 86.1 Å². The number of nitrogens with two attached hydrogens (primary N) is 1. The summed E-state index contributed by atoms with van der Waals surface area (Å²) in [6.07, 6.45) is -0.415. The summed E-state index contributed by atoms with van der Waals surface area (Å²) in [5.74, 6) is -0.433. The normalized spacial score (nSPS) is 14.9. The molecule has 3 N–H and O–H groups in total. The molecule has 0 saturated carbocycles. The molecule has 1 aliphatic heterocycles. The predicted molar refractivity (Wildman–Crippen MR) is 53.0 cm³/mol. The van der Waals surface area contributed by atoms with Gasteiger partial charge in [-0.25, -0.2) is 9.18 Å². The van der Waals surface area contributed by atoms with Crippen molar-refractivity contribution in [3.8, 4) is 0 Å². The van der Waals surface area contributed by atoms with Crippen molar-refractivity contribution in [1.82, 2.24) is 4.90 Å². The van der Waals surface area contributed by atoms with E-state index in [0.717, 1.165) is 11.1 Å². The minimum absolute atomic E-state index is 0.0704. The second-order valence-electron chi connectivity index (χ2n) is 3.60. The van der Waals surface area contributed by atoms with Crippen LogP contribution in [0.3, 0.4) is 0 Å². The van der Waals surface area contributed by atoms with Gasteiger partial charge in [0, 0.05) is 13.1 Å². The summed E-state index contributed by atoms with van der Waals surface area (Å²) in [5, 5.41) is 8.81. The monoisotopic (exact) mass is 210 g/mol. The maximum atomic E-state index is 13.1. The van der Waals surface area contributed by atoms with Crippen molar-refractivity contribution in [2.45, 2.75) is 13.0 Å². The van der Waals surface area contributed by atoms with Gasteiger partial charge in [0.15, 0.2) is 0 Å². The lowest BCUT2D eigenvalue weighted by Gasteiger charge is -2.26. The number of halogens is 1. The van der Waals surface area contributed by atoms with Gasteiger partial charge < -0.3 is 15.7 Å². The van der Waals surface area contributed by atoms with Crippen LogP contribution in [0.25, 0.3) is 0 Å². The van der Waals surface area contributed by atoms with Crippen LogP contribution in [0.4, 0.5) is 14.9 Å². The molecule has 0 aliphatic carbocycles. The van der Waals surface area contributed by atoms with Crippen LogP contribution < -0.4 is 5.73 Å². The van der Waals surface area contributed by atoms with E-state index in [-0.39, 0.29) is 12.2 Å². The van der Waals surface area contributed by atoms with E-state index in [1.807, 2.05) is 0 Å². The number of carboxylic acid groups (broad SMARTS) is 1. The first-order chi connectivity index (χ1) is 7.08. The average molecular weight is 210 g/mol. The van der Waals surface area contributed by atoms with Crippen molar-refractivity contribution in [2.75, 3.05) is 12.3 Å². The second kappa shape index (κ2) is 3.42. The molecule has 0 spiro atoms. The van der Waals surface area contributed by atoms with Gasteiger partial charge in [0.25, 0.3) is 0 Å². The third-order valence-corrected chi connectivity index (χ3v) is 2.60. The van der Waals surface area contributed by atoms with Gasteiger partial charge in [-0.15, -0.1) is 0 Å². The fraction of sp³-hybridized carbons (Fsp3) is 0.300. The maximum Gasteiger partial charge on any atom is 0.407 e. The van der Waals surface area contributed by atoms with Crippen molar-refractivity contribution in [3.05, 3.63) is 29.1 Å². The predicted octanol–water partition coefficient (Wildman–Crippen LogP) is 1.44. The Morgan fingerprint density at radius 3 is 2.87 bits per heavy atom. The van der Waals surface area contributed by atoms with Crippen molar-refractivity contribution in [1.29, 1.82) is 0 Å². The van der Waals surface area contributed by atoms with Gasteiger partial charge in [-0.3, -0.25) is 0 Å². The minimum Gasteiger partial charge on any atom is -0.465 e. The molecule has 0 radical (unpaired) electrons. The van der Waals surface area contributed by atoms with E-state index in [1.54, 1.807) is 0 Å². The fourth-order valence-corrected chi connectivity index (χ4v) is 1.76. The lowest BCUT2D eigenvalue weighted by atomic mass is 9.99. The molecule has 80 valence electrons. The van der Waals surface area contributed by atoms with Crippen LogP contribution in [-0.4, -0.2) is 22.6 Å². The van der Waals surface area contributed by atoms with Gasteiger partial charge in [-0.05, 0) is 29.7 Å². The molecule has 0 unspecified atom stereocenters. The summed E-state index contributed by atoms with van der Waals surface area (Å²) in [4.78, 5) is 12.0. The van der Waals surface area contributed by atoms with Crippen LogP contribution in [0.5, 0.6) is 0 Å². The molecule has 1 heterocycles. The van der Waals surface area contributed by atoms with Gasteiger partial charge in [0.1, 0.15) is 5.82 Å². The fourth-order valence-electron chi connectivity index (χ4n) is 1.76. The number of hydrogen-bond donors (Lipinski definition) is 2. The molecule has 0 atom stereocenters. The van der Waals surface area contributed by atoms with Gasteiger partial charge in [-0.2, -0.15) is 0 Å². The highest BCUT2D eigenvalue weighted by Gasteiger charge is 2.20. The van der Waals surface area contributed by atoms with Crippen LogP contribution in [-0.2, 0) is 13.0 Å². The quantitative estimate of drug-likeness (QED) is 0.637. The molecule has 0 fully saturated rings. The van der Waals surface area contributed by atoms with E-state index in [9.17, 15) is 9.18 Å². The topological polar surface area (TPSA) is 66.6 Å². The van der Waals surface area contributed by atoms with Crippen LogP contribution in [0.2, 0.25) is 0 Å². The van der Waals surface area contributed by atoms with Crippen LogP contribution in [0.1, 0.15) is 11.1 Å². The van der Waals surface area contributed by atoms with E-state index < -0.39 is 11.9 Å². The lowest BCUT2D eigenvalue weighted by molar-refractivity contribution is 0.140. The number of amides is 1. The molecule has 2 rings (SSSR count). The molecule has 0 saturated heterocycles. The standard InChI is InChI=1S/C10H11FN2O2/c11-8-3-6-1-2-13(10(14)15)5-7(6)4-9(8)12/h3-4H,1-2,5,12H2,(H,14,15). The first-order valence-electron chi connectivity index (χ1n) is 4.62. The lowest BCUT2D eigenvalue weighted by Crippen LogP contribution is -2.34. The number of anilines is 1. The molecular weight excluding hydrogens is 199 g/mol. The Hall–Kier alpha value is -1.78. The Morgan fingerprint density at radius 2 is 2.20 bits per heavy atom. The third-order valence-electron chi connectivity index (χ3n) is 2.60. The summed E-state index contributed by atoms with van der Waals surface area (Å²) < 4.78 is 13.1. The van der Waals surface area contributed by atoms with Gasteiger partial charge >= 0.3 is 6.09 Å². The zero-order valence-corrected chi connectivity index (χ0v) is 8.03. The van der Waals surface area contributed by atoms with Crippen LogP contribution >= 0.6 is 0 Å². The number of benzene rings is 1. The summed E-state index contributed by atoms with van der Waals surface area (Å²) >= 11 is 0. The van der Waals surface area contributed by atoms with Gasteiger partial charge in [-0.1, -0.05) is 0 Å². The number of hydrogen-bond acceptors (Lipinski definition) is 2. The molecule has 15 heavy (non-hydrogen) atoms. The molecular formula is C10H11FN2O2. The average Bonchev–Trinajstić information content (AvgIpc) is 2.19. The smallest absolute Gasteiger partial charge is 0.407 e. The highest BCUT2D eigenvalue weighted by molar-refractivity contribution is 5.66. The SMILES string of the molecule is Nc1cc2c(cc1F)CCN(C(=O)O)C2. The third kappa shape index (κ3) is 1.72. The molecule has 1 aliphatic rings. The van der Waals surface area contributed by atoms with Crippen molar-refractivity contribution in [2.24, 2.45) is 0 Å². The largest absolute Gasteiger partial charge is 0.465 e. The molecule has 1 amide bonds. The number of fused-ring (bicyclic) bond motifs is 1. The first-order valence-corrected chi connectivity index (χ1v) is 4.62. The number of nitrogens with zero attached hydrogens (tertiary/aromatic N) is 1. The highest BCUT2D eigenvalue weighted by Crippen LogP contribution is 2.23. The Balaban J connectivity index is 2.34. The molecule has 1 aromatic carbocycles. The second-order valence-corrected chi connectivity index (χ2v) is 3.60. The molecule has 4 nitrogen and oxygen atoms in total. The maximum absolute atomic E-state index is 13.1. The molecule has 0 aromatic heterocycles. The molecule has 5 heteroatoms. The Kier molecular flexibility index (Phi) is 2.22. The van der Waals surface area contributed by atoms with Crippen LogP contribution in [0.15, 0.2) is 12.1 Å². The zero-order chi connectivity index (χ0) is 11.0. The summed E-state index contributed by atoms with van der Waals surface area (Å²) in [6.45, 7) is 0.695. The van der Waals surface area contributed by atoms with Gasteiger partial charge in [0.05, 0.1) is 5.69 Å². The van der Waals surface area contributed by atoms with Crippen molar-refractivity contribution < 1.29 is 14.3 Å². The minimum atomic E-state index is -0.955. The number of carbonyl (C=O) groups is 1.